The minimum absolute atomic E-state index is 0.127. The summed E-state index contributed by atoms with van der Waals surface area (Å²) in [5.41, 5.74) is 1.56. The van der Waals surface area contributed by atoms with Crippen molar-refractivity contribution in [1.29, 1.82) is 0 Å². The number of nitrogens with one attached hydrogen (secondary N) is 2. The molecule has 1 unspecified atom stereocenters. The standard InChI is InChI=1S/C22H30N2O4/c1-4-17(3)28-21-8-6-7-19(15-21)24-22(25)16-23-18-9-11-20(12-10-18)27-14-13-26-5-2/h6-12,15,17,23H,4-5,13-14,16H2,1-3H3,(H,24,25). The summed E-state index contributed by atoms with van der Waals surface area (Å²) < 4.78 is 16.6. The first kappa shape index (κ1) is 21.6. The lowest BCUT2D eigenvalue weighted by molar-refractivity contribution is -0.114. The fourth-order valence-electron chi connectivity index (χ4n) is 2.38. The highest BCUT2D eigenvalue weighted by atomic mass is 16.5. The molecule has 0 saturated carbocycles. The van der Waals surface area contributed by atoms with Crippen LogP contribution in [0.1, 0.15) is 27.2 Å². The molecule has 0 aliphatic rings. The second-order valence-corrected chi connectivity index (χ2v) is 6.34. The molecule has 0 spiro atoms. The Bertz CT molecular complexity index is 719. The molecule has 2 aromatic carbocycles. The Hall–Kier alpha value is -2.73. The molecule has 0 heterocycles. The van der Waals surface area contributed by atoms with Crippen molar-refractivity contribution in [2.75, 3.05) is 37.0 Å². The number of rotatable bonds is 12. The summed E-state index contributed by atoms with van der Waals surface area (Å²) in [6.07, 6.45) is 1.07. The van der Waals surface area contributed by atoms with Crippen LogP contribution in [-0.4, -0.2) is 38.4 Å². The van der Waals surface area contributed by atoms with Gasteiger partial charge >= 0.3 is 0 Å². The van der Waals surface area contributed by atoms with Crippen molar-refractivity contribution < 1.29 is 19.0 Å². The van der Waals surface area contributed by atoms with E-state index in [1.54, 1.807) is 0 Å². The van der Waals surface area contributed by atoms with E-state index in [2.05, 4.69) is 17.6 Å². The fraction of sp³-hybridized carbons (Fsp3) is 0.409. The molecule has 0 radical (unpaired) electrons. The van der Waals surface area contributed by atoms with E-state index in [0.717, 1.165) is 23.6 Å². The van der Waals surface area contributed by atoms with Gasteiger partial charge in [0.1, 0.15) is 18.1 Å². The van der Waals surface area contributed by atoms with Crippen LogP contribution in [0, 0.1) is 0 Å². The van der Waals surface area contributed by atoms with Gasteiger partial charge in [-0.2, -0.15) is 0 Å². The van der Waals surface area contributed by atoms with Gasteiger partial charge in [0.2, 0.25) is 5.91 Å². The van der Waals surface area contributed by atoms with E-state index in [1.807, 2.05) is 62.4 Å². The maximum absolute atomic E-state index is 12.2. The van der Waals surface area contributed by atoms with Crippen molar-refractivity contribution in [3.63, 3.8) is 0 Å². The van der Waals surface area contributed by atoms with Crippen molar-refractivity contribution in [1.82, 2.24) is 0 Å². The average molecular weight is 386 g/mol. The van der Waals surface area contributed by atoms with Gasteiger partial charge in [-0.25, -0.2) is 0 Å². The van der Waals surface area contributed by atoms with Gasteiger partial charge < -0.3 is 24.8 Å². The largest absolute Gasteiger partial charge is 0.491 e. The summed E-state index contributed by atoms with van der Waals surface area (Å²) in [6, 6.07) is 14.9. The highest BCUT2D eigenvalue weighted by Gasteiger charge is 2.06. The van der Waals surface area contributed by atoms with E-state index < -0.39 is 0 Å². The molecule has 0 saturated heterocycles. The minimum atomic E-state index is -0.127. The Morgan fingerprint density at radius 2 is 1.79 bits per heavy atom. The lowest BCUT2D eigenvalue weighted by Gasteiger charge is -2.14. The molecule has 2 rings (SSSR count). The molecular weight excluding hydrogens is 356 g/mol. The Labute approximate surface area is 167 Å². The zero-order chi connectivity index (χ0) is 20.2. The number of carbonyl (C=O) groups excluding carboxylic acids is 1. The monoisotopic (exact) mass is 386 g/mol. The fourth-order valence-corrected chi connectivity index (χ4v) is 2.38. The van der Waals surface area contributed by atoms with Gasteiger partial charge in [0, 0.05) is 24.0 Å². The molecule has 0 aliphatic heterocycles. The average Bonchev–Trinajstić information content (AvgIpc) is 2.70. The van der Waals surface area contributed by atoms with Crippen LogP contribution in [0.3, 0.4) is 0 Å². The van der Waals surface area contributed by atoms with Gasteiger partial charge in [0.05, 0.1) is 19.3 Å². The number of anilines is 2. The van der Waals surface area contributed by atoms with Gasteiger partial charge in [-0.3, -0.25) is 4.79 Å². The number of ether oxygens (including phenoxy) is 3. The smallest absolute Gasteiger partial charge is 0.243 e. The summed E-state index contributed by atoms with van der Waals surface area (Å²) in [4.78, 5) is 12.2. The Balaban J connectivity index is 1.77. The second-order valence-electron chi connectivity index (χ2n) is 6.34. The lowest BCUT2D eigenvalue weighted by atomic mass is 10.2. The van der Waals surface area contributed by atoms with Gasteiger partial charge in [0.15, 0.2) is 0 Å². The quantitative estimate of drug-likeness (QED) is 0.532. The number of amides is 1. The number of hydrogen-bond acceptors (Lipinski definition) is 5. The van der Waals surface area contributed by atoms with Crippen molar-refractivity contribution in [2.24, 2.45) is 0 Å². The topological polar surface area (TPSA) is 68.8 Å². The summed E-state index contributed by atoms with van der Waals surface area (Å²) in [5.74, 6) is 1.39. The van der Waals surface area contributed by atoms with E-state index in [4.69, 9.17) is 14.2 Å². The first-order valence-electron chi connectivity index (χ1n) is 9.71. The van der Waals surface area contributed by atoms with Gasteiger partial charge in [-0.15, -0.1) is 0 Å². The van der Waals surface area contributed by atoms with Crippen LogP contribution in [0.15, 0.2) is 48.5 Å². The molecule has 6 heteroatoms. The van der Waals surface area contributed by atoms with Gasteiger partial charge in [-0.1, -0.05) is 13.0 Å². The summed E-state index contributed by atoms with van der Waals surface area (Å²) in [5, 5.41) is 5.98. The van der Waals surface area contributed by atoms with Gasteiger partial charge in [-0.05, 0) is 56.7 Å². The van der Waals surface area contributed by atoms with Crippen LogP contribution < -0.4 is 20.1 Å². The van der Waals surface area contributed by atoms with E-state index in [1.165, 1.54) is 0 Å². The zero-order valence-electron chi connectivity index (χ0n) is 16.9. The van der Waals surface area contributed by atoms with Crippen molar-refractivity contribution in [2.45, 2.75) is 33.3 Å². The molecule has 0 bridgehead atoms. The molecule has 0 fully saturated rings. The Morgan fingerprint density at radius 3 is 2.50 bits per heavy atom. The van der Waals surface area contributed by atoms with Crippen LogP contribution >= 0.6 is 0 Å². The third kappa shape index (κ3) is 7.88. The minimum Gasteiger partial charge on any atom is -0.491 e. The molecule has 2 aromatic rings. The predicted molar refractivity (Wildman–Crippen MR) is 112 cm³/mol. The molecule has 1 atom stereocenters. The van der Waals surface area contributed by atoms with Crippen LogP contribution in [-0.2, 0) is 9.53 Å². The lowest BCUT2D eigenvalue weighted by Crippen LogP contribution is -2.21. The molecular formula is C22H30N2O4. The van der Waals surface area contributed by atoms with Crippen molar-refractivity contribution >= 4 is 17.3 Å². The molecule has 0 aliphatic carbocycles. The summed E-state index contributed by atoms with van der Waals surface area (Å²) in [6.45, 7) is 7.98. The summed E-state index contributed by atoms with van der Waals surface area (Å²) in [7, 11) is 0. The summed E-state index contributed by atoms with van der Waals surface area (Å²) >= 11 is 0. The van der Waals surface area contributed by atoms with E-state index in [-0.39, 0.29) is 18.6 Å². The first-order chi connectivity index (χ1) is 13.6. The highest BCUT2D eigenvalue weighted by molar-refractivity contribution is 5.93. The molecule has 152 valence electrons. The number of benzene rings is 2. The zero-order valence-corrected chi connectivity index (χ0v) is 16.9. The molecule has 28 heavy (non-hydrogen) atoms. The van der Waals surface area contributed by atoms with E-state index in [0.29, 0.717) is 25.5 Å². The second kappa shape index (κ2) is 11.9. The number of carbonyl (C=O) groups is 1. The van der Waals surface area contributed by atoms with Crippen LogP contribution in [0.2, 0.25) is 0 Å². The normalized spacial score (nSPS) is 11.5. The molecule has 2 N–H and O–H groups in total. The molecule has 6 nitrogen and oxygen atoms in total. The van der Waals surface area contributed by atoms with Crippen LogP contribution in [0.25, 0.3) is 0 Å². The molecule has 0 aromatic heterocycles. The Kier molecular flexibility index (Phi) is 9.15. The van der Waals surface area contributed by atoms with Gasteiger partial charge in [0.25, 0.3) is 0 Å². The molecule has 1 amide bonds. The van der Waals surface area contributed by atoms with Crippen molar-refractivity contribution in [3.8, 4) is 11.5 Å². The van der Waals surface area contributed by atoms with E-state index in [9.17, 15) is 4.79 Å². The predicted octanol–water partition coefficient (Wildman–Crippen LogP) is 4.33. The third-order valence-electron chi connectivity index (χ3n) is 4.04. The Morgan fingerprint density at radius 1 is 1.00 bits per heavy atom. The first-order valence-corrected chi connectivity index (χ1v) is 9.71. The maximum atomic E-state index is 12.2. The van der Waals surface area contributed by atoms with E-state index >= 15 is 0 Å². The third-order valence-corrected chi connectivity index (χ3v) is 4.04. The SMILES string of the molecule is CCOCCOc1ccc(NCC(=O)Nc2cccc(OC(C)CC)c2)cc1. The van der Waals surface area contributed by atoms with Crippen LogP contribution in [0.4, 0.5) is 11.4 Å². The van der Waals surface area contributed by atoms with Crippen LogP contribution in [0.5, 0.6) is 11.5 Å². The van der Waals surface area contributed by atoms with Crippen molar-refractivity contribution in [3.05, 3.63) is 48.5 Å². The number of hydrogen-bond donors (Lipinski definition) is 2. The highest BCUT2D eigenvalue weighted by Crippen LogP contribution is 2.19. The maximum Gasteiger partial charge on any atom is 0.243 e.